The second-order valence-corrected chi connectivity index (χ2v) is 9.91. The molecular formula is C23H40N2O. The van der Waals surface area contributed by atoms with Gasteiger partial charge in [-0.3, -0.25) is 4.90 Å². The van der Waals surface area contributed by atoms with Crippen molar-refractivity contribution in [1.29, 1.82) is 0 Å². The smallest absolute Gasteiger partial charge is 0.123 e. The van der Waals surface area contributed by atoms with Crippen molar-refractivity contribution in [2.75, 3.05) is 26.2 Å². The fourth-order valence-electron chi connectivity index (χ4n) is 3.94. The molecule has 0 spiro atoms. The van der Waals surface area contributed by atoms with Crippen molar-refractivity contribution >= 4 is 0 Å². The predicted molar refractivity (Wildman–Crippen MR) is 112 cm³/mol. The molecule has 3 nitrogen and oxygen atoms in total. The average Bonchev–Trinajstić information content (AvgIpc) is 2.55. The third-order valence-corrected chi connectivity index (χ3v) is 5.56. The van der Waals surface area contributed by atoms with Crippen molar-refractivity contribution in [3.8, 4) is 5.75 Å². The lowest BCUT2D eigenvalue weighted by Crippen LogP contribution is -2.45. The molecule has 148 valence electrons. The summed E-state index contributed by atoms with van der Waals surface area (Å²) in [5.41, 5.74) is 3.40. The van der Waals surface area contributed by atoms with Crippen LogP contribution in [0.4, 0.5) is 0 Å². The predicted octanol–water partition coefficient (Wildman–Crippen LogP) is 5.12. The molecule has 1 heterocycles. The summed E-state index contributed by atoms with van der Waals surface area (Å²) in [6, 6.07) is 5.01. The molecule has 1 aromatic rings. The fraction of sp³-hybridized carbons (Fsp3) is 0.739. The van der Waals surface area contributed by atoms with Crippen molar-refractivity contribution in [3.63, 3.8) is 0 Å². The van der Waals surface area contributed by atoms with Gasteiger partial charge in [0.1, 0.15) is 5.75 Å². The maximum atomic E-state index is 11.0. The molecule has 1 aliphatic rings. The minimum Gasteiger partial charge on any atom is -0.507 e. The van der Waals surface area contributed by atoms with E-state index in [-0.39, 0.29) is 10.8 Å². The number of nitrogens with one attached hydrogen (secondary N) is 1. The van der Waals surface area contributed by atoms with Gasteiger partial charge >= 0.3 is 0 Å². The third-order valence-electron chi connectivity index (χ3n) is 5.56. The Morgan fingerprint density at radius 2 is 1.50 bits per heavy atom. The molecule has 26 heavy (non-hydrogen) atoms. The monoisotopic (exact) mass is 360 g/mol. The lowest BCUT2D eigenvalue weighted by Gasteiger charge is -2.37. The molecule has 1 atom stereocenters. The largest absolute Gasteiger partial charge is 0.507 e. The lowest BCUT2D eigenvalue weighted by molar-refractivity contribution is 0.163. The molecule has 0 aliphatic carbocycles. The van der Waals surface area contributed by atoms with Crippen LogP contribution >= 0.6 is 0 Å². The highest BCUT2D eigenvalue weighted by molar-refractivity contribution is 5.50. The van der Waals surface area contributed by atoms with Crippen molar-refractivity contribution in [3.05, 3.63) is 28.8 Å². The van der Waals surface area contributed by atoms with Gasteiger partial charge < -0.3 is 10.4 Å². The van der Waals surface area contributed by atoms with Crippen LogP contribution in [0.2, 0.25) is 0 Å². The van der Waals surface area contributed by atoms with Gasteiger partial charge in [0.2, 0.25) is 0 Å². The van der Waals surface area contributed by atoms with Crippen LogP contribution in [0, 0.1) is 0 Å². The van der Waals surface area contributed by atoms with E-state index in [0.717, 1.165) is 37.3 Å². The molecule has 1 aliphatic heterocycles. The number of benzene rings is 1. The third kappa shape index (κ3) is 5.01. The Balaban J connectivity index is 2.55. The van der Waals surface area contributed by atoms with Crippen LogP contribution in [0.5, 0.6) is 5.75 Å². The van der Waals surface area contributed by atoms with Crippen LogP contribution in [-0.2, 0) is 10.8 Å². The Hall–Kier alpha value is -1.06. The number of piperazine rings is 1. The van der Waals surface area contributed by atoms with Crippen LogP contribution in [-0.4, -0.2) is 36.2 Å². The van der Waals surface area contributed by atoms with E-state index in [2.05, 4.69) is 70.8 Å². The molecule has 1 saturated heterocycles. The topological polar surface area (TPSA) is 35.5 Å². The summed E-state index contributed by atoms with van der Waals surface area (Å²) in [6.07, 6.45) is 3.65. The highest BCUT2D eigenvalue weighted by atomic mass is 16.3. The number of hydrogen-bond acceptors (Lipinski definition) is 3. The number of rotatable bonds is 5. The first-order valence-corrected chi connectivity index (χ1v) is 10.4. The Labute approximate surface area is 161 Å². The number of unbranched alkanes of at least 4 members (excludes halogenated alkanes) is 1. The summed E-state index contributed by atoms with van der Waals surface area (Å²) in [5.74, 6) is 0.489. The Kier molecular flexibility index (Phi) is 6.79. The molecule has 2 rings (SSSR count). The highest BCUT2D eigenvalue weighted by Gasteiger charge is 2.30. The van der Waals surface area contributed by atoms with Crippen LogP contribution in [0.25, 0.3) is 0 Å². The minimum absolute atomic E-state index is 0.0706. The number of aromatic hydroxyl groups is 1. The molecule has 0 unspecified atom stereocenters. The summed E-state index contributed by atoms with van der Waals surface area (Å²) in [6.45, 7) is 19.8. The number of phenolic OH excluding ortho intramolecular Hbond substituents is 1. The molecule has 2 N–H and O–H groups in total. The summed E-state index contributed by atoms with van der Waals surface area (Å²) >= 11 is 0. The van der Waals surface area contributed by atoms with E-state index in [9.17, 15) is 5.11 Å². The molecule has 0 saturated carbocycles. The van der Waals surface area contributed by atoms with Gasteiger partial charge in [-0.1, -0.05) is 61.3 Å². The second kappa shape index (κ2) is 8.31. The molecule has 0 radical (unpaired) electrons. The molecular weight excluding hydrogens is 320 g/mol. The molecule has 0 bridgehead atoms. The van der Waals surface area contributed by atoms with E-state index in [0.29, 0.717) is 11.8 Å². The molecule has 1 aromatic carbocycles. The first kappa shape index (κ1) is 21.2. The molecule has 1 fully saturated rings. The maximum absolute atomic E-state index is 11.0. The van der Waals surface area contributed by atoms with E-state index in [1.807, 2.05) is 0 Å². The van der Waals surface area contributed by atoms with Gasteiger partial charge in [-0.15, -0.1) is 0 Å². The van der Waals surface area contributed by atoms with Crippen molar-refractivity contribution < 1.29 is 5.11 Å². The van der Waals surface area contributed by atoms with Crippen molar-refractivity contribution in [2.45, 2.75) is 84.6 Å². The Morgan fingerprint density at radius 3 is 1.92 bits per heavy atom. The summed E-state index contributed by atoms with van der Waals surface area (Å²) in [7, 11) is 0. The van der Waals surface area contributed by atoms with E-state index < -0.39 is 0 Å². The summed E-state index contributed by atoms with van der Waals surface area (Å²) < 4.78 is 0. The van der Waals surface area contributed by atoms with Gasteiger partial charge in [0.15, 0.2) is 0 Å². The number of nitrogens with zero attached hydrogens (tertiary/aromatic N) is 1. The second-order valence-electron chi connectivity index (χ2n) is 9.91. The SMILES string of the molecule is CCCC[C@H](c1cc(C(C)(C)C)c(O)c(C(C)(C)C)c1)N1CCNCC1. The molecule has 3 heteroatoms. The standard InChI is InChI=1S/C23H40N2O/c1-8-9-10-20(25-13-11-24-12-14-25)17-15-18(22(2,3)4)21(26)19(16-17)23(5,6)7/h15-16,20,24,26H,8-14H2,1-7H3/t20-/m1/s1. The van der Waals surface area contributed by atoms with Gasteiger partial charge in [-0.05, 0) is 46.1 Å². The normalized spacial score (nSPS) is 18.1. The van der Waals surface area contributed by atoms with E-state index in [1.165, 1.54) is 24.8 Å². The van der Waals surface area contributed by atoms with Gasteiger partial charge in [0, 0.05) is 32.2 Å². The van der Waals surface area contributed by atoms with Crippen LogP contribution in [0.3, 0.4) is 0 Å². The van der Waals surface area contributed by atoms with E-state index >= 15 is 0 Å². The summed E-state index contributed by atoms with van der Waals surface area (Å²) in [4.78, 5) is 2.64. The number of hydrogen-bond donors (Lipinski definition) is 2. The highest BCUT2D eigenvalue weighted by Crippen LogP contribution is 2.42. The Bertz CT molecular complexity index is 554. The van der Waals surface area contributed by atoms with Gasteiger partial charge in [-0.2, -0.15) is 0 Å². The zero-order chi connectivity index (χ0) is 19.5. The van der Waals surface area contributed by atoms with Gasteiger partial charge in [0.25, 0.3) is 0 Å². The molecule has 0 amide bonds. The van der Waals surface area contributed by atoms with E-state index in [4.69, 9.17) is 0 Å². The average molecular weight is 361 g/mol. The van der Waals surface area contributed by atoms with E-state index in [1.54, 1.807) is 0 Å². The zero-order valence-corrected chi connectivity index (χ0v) is 18.1. The summed E-state index contributed by atoms with van der Waals surface area (Å²) in [5, 5.41) is 14.5. The van der Waals surface area contributed by atoms with Crippen LogP contribution in [0.1, 0.15) is 90.5 Å². The van der Waals surface area contributed by atoms with Crippen LogP contribution in [0.15, 0.2) is 12.1 Å². The maximum Gasteiger partial charge on any atom is 0.123 e. The van der Waals surface area contributed by atoms with Crippen LogP contribution < -0.4 is 5.32 Å². The number of phenols is 1. The first-order valence-electron chi connectivity index (χ1n) is 10.4. The molecule has 0 aromatic heterocycles. The van der Waals surface area contributed by atoms with Crippen molar-refractivity contribution in [2.24, 2.45) is 0 Å². The van der Waals surface area contributed by atoms with Gasteiger partial charge in [0.05, 0.1) is 0 Å². The van der Waals surface area contributed by atoms with Gasteiger partial charge in [-0.25, -0.2) is 0 Å². The quantitative estimate of drug-likeness (QED) is 0.764. The fourth-order valence-corrected chi connectivity index (χ4v) is 3.94. The minimum atomic E-state index is -0.0706. The lowest BCUT2D eigenvalue weighted by atomic mass is 9.77. The van der Waals surface area contributed by atoms with Crippen molar-refractivity contribution in [1.82, 2.24) is 10.2 Å². The Morgan fingerprint density at radius 1 is 1.00 bits per heavy atom. The zero-order valence-electron chi connectivity index (χ0n) is 18.1. The first-order chi connectivity index (χ1) is 12.1.